The molecule has 0 bridgehead atoms. The quantitative estimate of drug-likeness (QED) is 0.848. The Hall–Kier alpha value is -1.82. The van der Waals surface area contributed by atoms with Gasteiger partial charge in [0, 0.05) is 12.7 Å². The maximum atomic E-state index is 12.2. The van der Waals surface area contributed by atoms with E-state index in [1.807, 2.05) is 6.92 Å². The predicted molar refractivity (Wildman–Crippen MR) is 69.7 cm³/mol. The first kappa shape index (κ1) is 12.6. The smallest absolute Gasteiger partial charge is 0.184 e. The highest BCUT2D eigenvalue weighted by atomic mass is 32.2. The van der Waals surface area contributed by atoms with Crippen LogP contribution in [0.2, 0.25) is 0 Å². The van der Waals surface area contributed by atoms with Crippen molar-refractivity contribution in [2.75, 3.05) is 5.73 Å². The van der Waals surface area contributed by atoms with Crippen LogP contribution in [0.15, 0.2) is 35.2 Å². The van der Waals surface area contributed by atoms with Crippen molar-refractivity contribution in [1.29, 1.82) is 0 Å². The summed E-state index contributed by atoms with van der Waals surface area (Å²) in [6.07, 6.45) is 0. The molecule has 2 rings (SSSR count). The molecule has 1 aromatic carbocycles. The van der Waals surface area contributed by atoms with E-state index in [9.17, 15) is 8.42 Å². The van der Waals surface area contributed by atoms with Crippen LogP contribution >= 0.6 is 0 Å². The van der Waals surface area contributed by atoms with Crippen LogP contribution < -0.4 is 5.73 Å². The molecule has 0 unspecified atom stereocenters. The van der Waals surface area contributed by atoms with Gasteiger partial charge in [0.25, 0.3) is 0 Å². The molecular weight excluding hydrogens is 250 g/mol. The lowest BCUT2D eigenvalue weighted by Gasteiger charge is -2.05. The number of aryl methyl sites for hydroxylation is 2. The zero-order valence-electron chi connectivity index (χ0n) is 10.3. The van der Waals surface area contributed by atoms with E-state index >= 15 is 0 Å². The third-order valence-corrected chi connectivity index (χ3v) is 4.30. The van der Waals surface area contributed by atoms with Gasteiger partial charge in [-0.3, -0.25) is 4.68 Å². The molecule has 0 atom stereocenters. The maximum Gasteiger partial charge on any atom is 0.184 e. The van der Waals surface area contributed by atoms with Gasteiger partial charge in [-0.1, -0.05) is 6.07 Å². The molecule has 5 nitrogen and oxygen atoms in total. The summed E-state index contributed by atoms with van der Waals surface area (Å²) in [6, 6.07) is 8.08. The van der Waals surface area contributed by atoms with E-state index in [4.69, 9.17) is 5.73 Å². The van der Waals surface area contributed by atoms with E-state index in [0.29, 0.717) is 11.4 Å². The van der Waals surface area contributed by atoms with Gasteiger partial charge >= 0.3 is 0 Å². The summed E-state index contributed by atoms with van der Waals surface area (Å²) in [5, 5.41) is 4.13. The molecular formula is C12H15N3O2S. The number of nitrogens with zero attached hydrogens (tertiary/aromatic N) is 2. The van der Waals surface area contributed by atoms with Crippen LogP contribution in [-0.2, 0) is 22.6 Å². The van der Waals surface area contributed by atoms with Crippen molar-refractivity contribution in [2.24, 2.45) is 7.05 Å². The first-order chi connectivity index (χ1) is 8.38. The molecule has 0 aliphatic rings. The van der Waals surface area contributed by atoms with E-state index < -0.39 is 9.84 Å². The van der Waals surface area contributed by atoms with E-state index in [0.717, 1.165) is 5.69 Å². The number of nitrogens with two attached hydrogens (primary N) is 1. The molecule has 1 aromatic heterocycles. The van der Waals surface area contributed by atoms with Crippen molar-refractivity contribution in [1.82, 2.24) is 9.78 Å². The zero-order valence-corrected chi connectivity index (χ0v) is 11.1. The molecule has 0 aliphatic carbocycles. The SMILES string of the molecule is Cc1cc(CS(=O)(=O)c2cccc(N)c2)n(C)n1. The van der Waals surface area contributed by atoms with Gasteiger partial charge in [-0.15, -0.1) is 0 Å². The first-order valence-electron chi connectivity index (χ1n) is 5.46. The van der Waals surface area contributed by atoms with E-state index in [1.165, 1.54) is 6.07 Å². The number of rotatable bonds is 3. The molecule has 1 heterocycles. The summed E-state index contributed by atoms with van der Waals surface area (Å²) in [6.45, 7) is 1.83. The lowest BCUT2D eigenvalue weighted by atomic mass is 10.3. The molecule has 0 spiro atoms. The minimum atomic E-state index is -3.39. The van der Waals surface area contributed by atoms with Crippen LogP contribution in [0.3, 0.4) is 0 Å². The minimum absolute atomic E-state index is 0.0756. The van der Waals surface area contributed by atoms with Crippen LogP contribution in [0.1, 0.15) is 11.4 Å². The van der Waals surface area contributed by atoms with E-state index in [1.54, 1.807) is 36.0 Å². The molecule has 0 aliphatic heterocycles. The van der Waals surface area contributed by atoms with Gasteiger partial charge in [0.15, 0.2) is 9.84 Å². The fourth-order valence-corrected chi connectivity index (χ4v) is 3.21. The van der Waals surface area contributed by atoms with Crippen molar-refractivity contribution in [2.45, 2.75) is 17.6 Å². The van der Waals surface area contributed by atoms with Crippen molar-refractivity contribution in [3.8, 4) is 0 Å². The Morgan fingerprint density at radius 2 is 2.06 bits per heavy atom. The molecule has 0 radical (unpaired) electrons. The third kappa shape index (κ3) is 2.53. The van der Waals surface area contributed by atoms with Gasteiger partial charge in [0.05, 0.1) is 22.0 Å². The Bertz CT molecular complexity index is 674. The Balaban J connectivity index is 2.36. The lowest BCUT2D eigenvalue weighted by Crippen LogP contribution is -2.09. The zero-order chi connectivity index (χ0) is 13.3. The molecule has 6 heteroatoms. The lowest BCUT2D eigenvalue weighted by molar-refractivity contribution is 0.591. The summed E-state index contributed by atoms with van der Waals surface area (Å²) in [5.41, 5.74) is 7.51. The summed E-state index contributed by atoms with van der Waals surface area (Å²) in [4.78, 5) is 0.237. The maximum absolute atomic E-state index is 12.2. The summed E-state index contributed by atoms with van der Waals surface area (Å²) in [7, 11) is -1.65. The molecule has 0 saturated heterocycles. The molecule has 2 aromatic rings. The Kier molecular flexibility index (Phi) is 3.13. The number of aromatic nitrogens is 2. The van der Waals surface area contributed by atoms with Crippen LogP contribution in [0.4, 0.5) is 5.69 Å². The average Bonchev–Trinajstić information content (AvgIpc) is 2.56. The standard InChI is InChI=1S/C12H15N3O2S/c1-9-6-11(15(2)14-9)8-18(16,17)12-5-3-4-10(13)7-12/h3-7H,8,13H2,1-2H3. The molecule has 0 amide bonds. The normalized spacial score (nSPS) is 11.7. The second kappa shape index (κ2) is 4.45. The number of hydrogen-bond acceptors (Lipinski definition) is 4. The Labute approximate surface area is 106 Å². The third-order valence-electron chi connectivity index (χ3n) is 2.65. The number of nitrogen functional groups attached to an aromatic ring is 1. The van der Waals surface area contributed by atoms with Gasteiger partial charge in [0.2, 0.25) is 0 Å². The number of sulfone groups is 1. The largest absolute Gasteiger partial charge is 0.399 e. The second-order valence-electron chi connectivity index (χ2n) is 4.23. The minimum Gasteiger partial charge on any atom is -0.399 e. The predicted octanol–water partition coefficient (Wildman–Crippen LogP) is 1.28. The van der Waals surface area contributed by atoms with Crippen molar-refractivity contribution >= 4 is 15.5 Å². The Morgan fingerprint density at radius 3 is 2.61 bits per heavy atom. The van der Waals surface area contributed by atoms with Gasteiger partial charge < -0.3 is 5.73 Å². The van der Waals surface area contributed by atoms with Crippen molar-refractivity contribution < 1.29 is 8.42 Å². The van der Waals surface area contributed by atoms with Crippen LogP contribution in [0, 0.1) is 6.92 Å². The molecule has 0 fully saturated rings. The highest BCUT2D eigenvalue weighted by Crippen LogP contribution is 2.18. The monoisotopic (exact) mass is 265 g/mol. The number of benzene rings is 1. The fraction of sp³-hybridized carbons (Fsp3) is 0.250. The molecule has 2 N–H and O–H groups in total. The van der Waals surface area contributed by atoms with Gasteiger partial charge in [-0.2, -0.15) is 5.10 Å². The topological polar surface area (TPSA) is 78.0 Å². The van der Waals surface area contributed by atoms with Crippen molar-refractivity contribution in [3.63, 3.8) is 0 Å². The summed E-state index contributed by atoms with van der Waals surface area (Å²) >= 11 is 0. The fourth-order valence-electron chi connectivity index (χ4n) is 1.79. The highest BCUT2D eigenvalue weighted by molar-refractivity contribution is 7.90. The number of anilines is 1. The van der Waals surface area contributed by atoms with Crippen LogP contribution in [0.25, 0.3) is 0 Å². The number of hydrogen-bond donors (Lipinski definition) is 1. The molecule has 96 valence electrons. The first-order valence-corrected chi connectivity index (χ1v) is 7.11. The van der Waals surface area contributed by atoms with Gasteiger partial charge in [0.1, 0.15) is 0 Å². The highest BCUT2D eigenvalue weighted by Gasteiger charge is 2.18. The van der Waals surface area contributed by atoms with Gasteiger partial charge in [-0.25, -0.2) is 8.42 Å². The summed E-state index contributed by atoms with van der Waals surface area (Å²) in [5.74, 6) is -0.0756. The molecule has 18 heavy (non-hydrogen) atoms. The van der Waals surface area contributed by atoms with Crippen molar-refractivity contribution in [3.05, 3.63) is 41.7 Å². The second-order valence-corrected chi connectivity index (χ2v) is 6.22. The van der Waals surface area contributed by atoms with E-state index in [-0.39, 0.29) is 10.6 Å². The van der Waals surface area contributed by atoms with E-state index in [2.05, 4.69) is 5.10 Å². The van der Waals surface area contributed by atoms with Gasteiger partial charge in [-0.05, 0) is 31.2 Å². The summed E-state index contributed by atoms with van der Waals surface area (Å²) < 4.78 is 26.0. The van der Waals surface area contributed by atoms with Crippen LogP contribution in [-0.4, -0.2) is 18.2 Å². The average molecular weight is 265 g/mol. The molecule has 0 saturated carbocycles. The Morgan fingerprint density at radius 1 is 1.33 bits per heavy atom. The van der Waals surface area contributed by atoms with Crippen LogP contribution in [0.5, 0.6) is 0 Å².